The molecule has 0 unspecified atom stereocenters. The molecule has 0 saturated carbocycles. The lowest BCUT2D eigenvalue weighted by molar-refractivity contribution is -0.111. The van der Waals surface area contributed by atoms with Crippen LogP contribution in [0.15, 0.2) is 42.5 Å². The van der Waals surface area contributed by atoms with Crippen molar-refractivity contribution < 1.29 is 23.5 Å². The quantitative estimate of drug-likeness (QED) is 0.312. The highest BCUT2D eigenvalue weighted by molar-refractivity contribution is 7.22. The molecule has 1 fully saturated rings. The first-order valence-electron chi connectivity index (χ1n) is 12.5. The molecular formula is C26H30ClFN6O4S. The molecule has 4 rings (SSSR count). The summed E-state index contributed by atoms with van der Waals surface area (Å²) < 4.78 is 20.5. The molecule has 1 aliphatic rings. The molecule has 2 aromatic carbocycles. The van der Waals surface area contributed by atoms with Crippen LogP contribution in [0.4, 0.5) is 19.1 Å². The topological polar surface area (TPSA) is 116 Å². The number of benzene rings is 2. The van der Waals surface area contributed by atoms with Gasteiger partial charge in [0, 0.05) is 46.2 Å². The zero-order valence-electron chi connectivity index (χ0n) is 21.4. The Morgan fingerprint density at radius 3 is 2.77 bits per heavy atom. The smallest absolute Gasteiger partial charge is 0.413 e. The number of likely N-dealkylation sites (N-methyl/N-ethyl adjacent to an activating group) is 1. The third-order valence-electron chi connectivity index (χ3n) is 6.70. The summed E-state index contributed by atoms with van der Waals surface area (Å²) in [7, 11) is 1.59. The number of aldehydes is 1. The summed E-state index contributed by atoms with van der Waals surface area (Å²) in [6.45, 7) is 2.25. The van der Waals surface area contributed by atoms with Gasteiger partial charge in [-0.15, -0.1) is 0 Å². The molecule has 1 aliphatic heterocycles. The molecule has 0 bridgehead atoms. The average molecular weight is 577 g/mol. The van der Waals surface area contributed by atoms with Crippen molar-refractivity contribution in [2.24, 2.45) is 0 Å². The van der Waals surface area contributed by atoms with Gasteiger partial charge in [0.1, 0.15) is 24.4 Å². The van der Waals surface area contributed by atoms with Gasteiger partial charge in [0.15, 0.2) is 5.13 Å². The molecule has 3 aromatic rings. The number of ether oxygens (including phenoxy) is 1. The minimum atomic E-state index is -1.12. The molecule has 3 amide bonds. The van der Waals surface area contributed by atoms with E-state index in [-0.39, 0.29) is 31.0 Å². The number of nitrogens with zero attached hydrogens (tertiary/aromatic N) is 3. The van der Waals surface area contributed by atoms with Gasteiger partial charge >= 0.3 is 12.1 Å². The Bertz CT molecular complexity index is 1290. The standard InChI is InChI=1S/C26H30ClFN6O4S/c1-33(24(36)30-16-18-6-4-7-19(28)22(18)27)26(10-5-15-35,34-13-11-29-12-14-34)17-38-25(37)32-23-31-20-8-2-3-9-21(20)39-23/h2-4,6-9,15,29H,5,10-14,16-17H2,1H3,(H,30,36)(H,31,32,37)/t26-/m1/s1. The Morgan fingerprint density at radius 2 is 2.03 bits per heavy atom. The van der Waals surface area contributed by atoms with Gasteiger partial charge in [-0.3, -0.25) is 10.2 Å². The fraction of sp³-hybridized carbons (Fsp3) is 0.385. The summed E-state index contributed by atoms with van der Waals surface area (Å²) in [6.07, 6.45) is 0.423. The van der Waals surface area contributed by atoms with Crippen LogP contribution in [0.25, 0.3) is 10.2 Å². The minimum absolute atomic E-state index is 0.00989. The molecule has 39 heavy (non-hydrogen) atoms. The Hall–Kier alpha value is -3.32. The number of carbonyl (C=O) groups excluding carboxylic acids is 3. The molecule has 10 nitrogen and oxygen atoms in total. The number of amides is 3. The second-order valence-corrected chi connectivity index (χ2v) is 10.5. The molecule has 0 spiro atoms. The zero-order chi connectivity index (χ0) is 27.8. The van der Waals surface area contributed by atoms with Crippen LogP contribution in [0.3, 0.4) is 0 Å². The van der Waals surface area contributed by atoms with Crippen LogP contribution in [0.5, 0.6) is 0 Å². The van der Waals surface area contributed by atoms with E-state index in [1.54, 1.807) is 13.1 Å². The number of nitrogens with one attached hydrogen (secondary N) is 3. The summed E-state index contributed by atoms with van der Waals surface area (Å²) in [5.74, 6) is -0.578. The van der Waals surface area contributed by atoms with Crippen molar-refractivity contribution in [1.82, 2.24) is 25.4 Å². The highest BCUT2D eigenvalue weighted by Gasteiger charge is 2.44. The third-order valence-corrected chi connectivity index (χ3v) is 8.07. The molecular weight excluding hydrogens is 547 g/mol. The van der Waals surface area contributed by atoms with E-state index < -0.39 is 23.6 Å². The van der Waals surface area contributed by atoms with Gasteiger partial charge in [-0.05, 0) is 30.2 Å². The maximum atomic E-state index is 13.9. The SMILES string of the molecule is CN(C(=O)NCc1cccc(F)c1Cl)[C@@](CCC=O)(COC(=O)Nc1nc2ccccc2s1)N1CCNCC1. The summed E-state index contributed by atoms with van der Waals surface area (Å²) in [4.78, 5) is 45.5. The van der Waals surface area contributed by atoms with E-state index in [0.717, 1.165) is 16.5 Å². The number of rotatable bonds is 10. The van der Waals surface area contributed by atoms with Gasteiger partial charge in [-0.2, -0.15) is 0 Å². The number of para-hydroxylation sites is 1. The van der Waals surface area contributed by atoms with E-state index in [4.69, 9.17) is 16.3 Å². The number of piperazine rings is 1. The van der Waals surface area contributed by atoms with Crippen molar-refractivity contribution in [3.63, 3.8) is 0 Å². The van der Waals surface area contributed by atoms with Gasteiger partial charge < -0.3 is 25.1 Å². The Kier molecular flexibility index (Phi) is 9.68. The van der Waals surface area contributed by atoms with Crippen LogP contribution >= 0.6 is 22.9 Å². The van der Waals surface area contributed by atoms with E-state index in [0.29, 0.717) is 36.9 Å². The van der Waals surface area contributed by atoms with Gasteiger partial charge in [0.2, 0.25) is 0 Å². The van der Waals surface area contributed by atoms with E-state index in [2.05, 4.69) is 20.9 Å². The minimum Gasteiger partial charge on any atom is -0.445 e. The number of hydrogen-bond donors (Lipinski definition) is 3. The number of urea groups is 1. The maximum Gasteiger partial charge on any atom is 0.413 e. The molecule has 13 heteroatoms. The molecule has 1 saturated heterocycles. The van der Waals surface area contributed by atoms with E-state index in [1.165, 1.54) is 28.4 Å². The summed E-state index contributed by atoms with van der Waals surface area (Å²) in [5, 5.41) is 9.03. The number of hydrogen-bond acceptors (Lipinski definition) is 8. The van der Waals surface area contributed by atoms with Gasteiger partial charge in [-0.1, -0.05) is 47.2 Å². The number of aromatic nitrogens is 1. The summed E-state index contributed by atoms with van der Waals surface area (Å²) in [6, 6.07) is 11.4. The third kappa shape index (κ3) is 6.82. The fourth-order valence-electron chi connectivity index (χ4n) is 4.56. The first-order valence-corrected chi connectivity index (χ1v) is 13.7. The number of anilines is 1. The highest BCUT2D eigenvalue weighted by Crippen LogP contribution is 2.29. The Balaban J connectivity index is 1.52. The van der Waals surface area contributed by atoms with Crippen LogP contribution in [-0.4, -0.2) is 78.7 Å². The number of carbonyl (C=O) groups is 3. The lowest BCUT2D eigenvalue weighted by Crippen LogP contribution is -2.68. The van der Waals surface area contributed by atoms with Crippen molar-refractivity contribution in [3.8, 4) is 0 Å². The largest absolute Gasteiger partial charge is 0.445 e. The van der Waals surface area contributed by atoms with Gasteiger partial charge in [0.25, 0.3) is 0 Å². The average Bonchev–Trinajstić information content (AvgIpc) is 3.36. The molecule has 208 valence electrons. The van der Waals surface area contributed by atoms with Crippen LogP contribution in [0, 0.1) is 5.82 Å². The predicted octanol–water partition coefficient (Wildman–Crippen LogP) is 4.06. The molecule has 1 aromatic heterocycles. The Labute approximate surface area is 234 Å². The van der Waals surface area contributed by atoms with Crippen LogP contribution in [0.2, 0.25) is 5.02 Å². The van der Waals surface area contributed by atoms with E-state index in [9.17, 15) is 18.8 Å². The summed E-state index contributed by atoms with van der Waals surface area (Å²) in [5.41, 5.74) is 0.0586. The van der Waals surface area contributed by atoms with E-state index >= 15 is 0 Å². The first-order chi connectivity index (χ1) is 18.8. The number of fused-ring (bicyclic) bond motifs is 1. The molecule has 1 atom stereocenters. The lowest BCUT2D eigenvalue weighted by Gasteiger charge is -2.50. The molecule has 3 N–H and O–H groups in total. The van der Waals surface area contributed by atoms with Crippen LogP contribution in [-0.2, 0) is 16.1 Å². The lowest BCUT2D eigenvalue weighted by atomic mass is 9.99. The van der Waals surface area contributed by atoms with Crippen molar-refractivity contribution in [2.75, 3.05) is 45.2 Å². The van der Waals surface area contributed by atoms with Gasteiger partial charge in [-0.25, -0.2) is 19.0 Å². The summed E-state index contributed by atoms with van der Waals surface area (Å²) >= 11 is 7.37. The van der Waals surface area contributed by atoms with Gasteiger partial charge in [0.05, 0.1) is 15.2 Å². The molecule has 2 heterocycles. The van der Waals surface area contributed by atoms with E-state index in [1.807, 2.05) is 29.2 Å². The fourth-order valence-corrected chi connectivity index (χ4v) is 5.61. The monoisotopic (exact) mass is 576 g/mol. The van der Waals surface area contributed by atoms with Crippen molar-refractivity contribution >= 4 is 56.7 Å². The Morgan fingerprint density at radius 1 is 1.26 bits per heavy atom. The van der Waals surface area contributed by atoms with Crippen LogP contribution < -0.4 is 16.0 Å². The number of halogens is 2. The first kappa shape index (κ1) is 28.7. The predicted molar refractivity (Wildman–Crippen MR) is 148 cm³/mol. The highest BCUT2D eigenvalue weighted by atomic mass is 35.5. The second-order valence-electron chi connectivity index (χ2n) is 9.04. The van der Waals surface area contributed by atoms with Crippen molar-refractivity contribution in [1.29, 1.82) is 0 Å². The molecule has 0 aliphatic carbocycles. The van der Waals surface area contributed by atoms with Crippen molar-refractivity contribution in [2.45, 2.75) is 25.0 Å². The van der Waals surface area contributed by atoms with Crippen molar-refractivity contribution in [3.05, 3.63) is 58.9 Å². The normalized spacial score (nSPS) is 15.4. The number of thiazole rings is 1. The zero-order valence-corrected chi connectivity index (χ0v) is 23.0. The second kappa shape index (κ2) is 13.2. The molecule has 0 radical (unpaired) electrons. The van der Waals surface area contributed by atoms with Crippen LogP contribution in [0.1, 0.15) is 18.4 Å². The maximum absolute atomic E-state index is 13.9.